The maximum atomic E-state index is 13.5. The maximum absolute atomic E-state index is 13.5. The minimum atomic E-state index is -3.47. The molecule has 6 heteroatoms. The van der Waals surface area contributed by atoms with Gasteiger partial charge < -0.3 is 5.32 Å². The number of sulfonamides is 1. The number of benzene rings is 3. The van der Waals surface area contributed by atoms with Crippen molar-refractivity contribution in [2.45, 2.75) is 42.4 Å². The maximum Gasteiger partial charge on any atom is 0.240 e. The second-order valence-electron chi connectivity index (χ2n) is 8.28. The van der Waals surface area contributed by atoms with Crippen LogP contribution in [-0.4, -0.2) is 21.4 Å². The quantitative estimate of drug-likeness (QED) is 0.512. The molecule has 0 heterocycles. The highest BCUT2D eigenvalue weighted by Crippen LogP contribution is 2.40. The normalized spacial score (nSPS) is 15.8. The zero-order valence-electron chi connectivity index (χ0n) is 18.2. The van der Waals surface area contributed by atoms with Crippen LogP contribution in [0, 0.1) is 0 Å². The molecule has 170 valence electrons. The Morgan fingerprint density at radius 1 is 0.844 bits per heavy atom. The molecule has 32 heavy (non-hydrogen) atoms. The van der Waals surface area contributed by atoms with Gasteiger partial charge in [0.2, 0.25) is 15.9 Å². The van der Waals surface area contributed by atoms with Gasteiger partial charge in [0.1, 0.15) is 0 Å². The number of anilines is 1. The fraction of sp³-hybridized carbons (Fsp3) is 0.269. The predicted octanol–water partition coefficient (Wildman–Crippen LogP) is 5.59. The van der Waals surface area contributed by atoms with Gasteiger partial charge in [-0.15, -0.1) is 0 Å². The van der Waals surface area contributed by atoms with E-state index >= 15 is 0 Å². The lowest BCUT2D eigenvalue weighted by Gasteiger charge is -2.36. The molecule has 0 spiro atoms. The molecule has 1 aliphatic rings. The van der Waals surface area contributed by atoms with Gasteiger partial charge in [-0.25, -0.2) is 13.1 Å². The monoisotopic (exact) mass is 452 g/mol. The van der Waals surface area contributed by atoms with Crippen molar-refractivity contribution in [3.63, 3.8) is 0 Å². The van der Waals surface area contributed by atoms with Crippen LogP contribution in [0.2, 0.25) is 0 Å². The van der Waals surface area contributed by atoms with Crippen molar-refractivity contribution in [1.82, 2.24) is 4.72 Å². The Balaban J connectivity index is 0.00000204. The molecule has 0 aliphatic heterocycles. The van der Waals surface area contributed by atoms with Crippen molar-refractivity contribution >= 4 is 21.6 Å². The Morgan fingerprint density at radius 2 is 1.53 bits per heavy atom. The van der Waals surface area contributed by atoms with Crippen LogP contribution in [0.4, 0.5) is 5.69 Å². The zero-order valence-corrected chi connectivity index (χ0v) is 19.0. The summed E-state index contributed by atoms with van der Waals surface area (Å²) in [7, 11) is -2.08. The van der Waals surface area contributed by atoms with Gasteiger partial charge in [0.05, 0.1) is 10.3 Å². The van der Waals surface area contributed by atoms with E-state index in [9.17, 15) is 13.2 Å². The Labute approximate surface area is 192 Å². The first kappa shape index (κ1) is 22.2. The summed E-state index contributed by atoms with van der Waals surface area (Å²) >= 11 is 0. The van der Waals surface area contributed by atoms with Crippen LogP contribution in [0.1, 0.15) is 40.5 Å². The predicted molar refractivity (Wildman–Crippen MR) is 132 cm³/mol. The molecule has 2 N–H and O–H groups in total. The molecule has 3 aromatic carbocycles. The van der Waals surface area contributed by atoms with E-state index in [-0.39, 0.29) is 13.7 Å². The van der Waals surface area contributed by atoms with E-state index in [0.29, 0.717) is 0 Å². The van der Waals surface area contributed by atoms with Gasteiger partial charge in [0, 0.05) is 8.54 Å². The Morgan fingerprint density at radius 3 is 2.19 bits per heavy atom. The SMILES string of the molecule is CNS(=O)(=O)c1ccc(-c2cccc(NC(=O)C3(c4ccccc4)CCCCC3)c2)cc1.[HH].[HH]. The Bertz CT molecular complexity index is 1190. The van der Waals surface area contributed by atoms with E-state index in [1.54, 1.807) is 24.3 Å². The van der Waals surface area contributed by atoms with Crippen molar-refractivity contribution in [3.8, 4) is 11.1 Å². The van der Waals surface area contributed by atoms with E-state index < -0.39 is 15.4 Å². The lowest BCUT2D eigenvalue weighted by Crippen LogP contribution is -2.42. The molecule has 3 aromatic rings. The van der Waals surface area contributed by atoms with Crippen LogP contribution in [-0.2, 0) is 20.2 Å². The largest absolute Gasteiger partial charge is 0.325 e. The smallest absolute Gasteiger partial charge is 0.240 e. The van der Waals surface area contributed by atoms with Gasteiger partial charge in [-0.3, -0.25) is 4.79 Å². The van der Waals surface area contributed by atoms with Gasteiger partial charge in [0.15, 0.2) is 0 Å². The fourth-order valence-electron chi connectivity index (χ4n) is 4.53. The van der Waals surface area contributed by atoms with E-state index in [1.807, 2.05) is 42.5 Å². The molecule has 0 bridgehead atoms. The summed E-state index contributed by atoms with van der Waals surface area (Å²) in [5, 5.41) is 3.16. The highest BCUT2D eigenvalue weighted by atomic mass is 32.2. The molecule has 0 aromatic heterocycles. The molecular weight excluding hydrogens is 420 g/mol. The van der Waals surface area contributed by atoms with Gasteiger partial charge in [-0.1, -0.05) is 73.9 Å². The van der Waals surface area contributed by atoms with Crippen LogP contribution >= 0.6 is 0 Å². The van der Waals surface area contributed by atoms with E-state index in [0.717, 1.165) is 54.5 Å². The summed E-state index contributed by atoms with van der Waals surface area (Å²) < 4.78 is 26.2. The summed E-state index contributed by atoms with van der Waals surface area (Å²) in [6, 6.07) is 24.5. The van der Waals surface area contributed by atoms with Gasteiger partial charge in [-0.05, 0) is 60.8 Å². The first-order valence-electron chi connectivity index (χ1n) is 11.0. The number of hydrogen-bond donors (Lipinski definition) is 2. The molecule has 0 unspecified atom stereocenters. The van der Waals surface area contributed by atoms with Gasteiger partial charge in [-0.2, -0.15) is 0 Å². The van der Waals surface area contributed by atoms with Crippen molar-refractivity contribution in [2.75, 3.05) is 12.4 Å². The summed E-state index contributed by atoms with van der Waals surface area (Å²) in [4.78, 5) is 13.8. The molecule has 1 amide bonds. The number of rotatable bonds is 6. The summed E-state index contributed by atoms with van der Waals surface area (Å²) in [6.45, 7) is 0. The van der Waals surface area contributed by atoms with Crippen LogP contribution in [0.3, 0.4) is 0 Å². The molecule has 4 rings (SSSR count). The average Bonchev–Trinajstić information content (AvgIpc) is 2.85. The number of hydrogen-bond acceptors (Lipinski definition) is 3. The lowest BCUT2D eigenvalue weighted by molar-refractivity contribution is -0.122. The highest BCUT2D eigenvalue weighted by molar-refractivity contribution is 7.89. The number of nitrogens with one attached hydrogen (secondary N) is 2. The summed E-state index contributed by atoms with van der Waals surface area (Å²) in [5.41, 5.74) is 3.11. The second-order valence-corrected chi connectivity index (χ2v) is 10.2. The molecule has 0 radical (unpaired) electrons. The Hall–Kier alpha value is -2.96. The standard InChI is InChI=1S/C26H28N2O3S.2H2/c1-27-32(30,31)24-15-13-20(14-16-24)21-9-8-12-23(19-21)28-25(29)26(17-6-3-7-18-26)22-10-4-2-5-11-22;;/h2,4-5,8-16,19,27H,3,6-7,17-18H2,1H3,(H,28,29);2*1H. The molecule has 0 atom stereocenters. The Kier molecular flexibility index (Phi) is 6.44. The molecule has 1 fully saturated rings. The highest BCUT2D eigenvalue weighted by Gasteiger charge is 2.41. The molecule has 1 saturated carbocycles. The fourth-order valence-corrected chi connectivity index (χ4v) is 5.26. The summed E-state index contributed by atoms with van der Waals surface area (Å²) in [5.74, 6) is 0.0380. The average molecular weight is 453 g/mol. The molecule has 0 saturated heterocycles. The first-order chi connectivity index (χ1) is 15.4. The van der Waals surface area contributed by atoms with Crippen molar-refractivity contribution in [2.24, 2.45) is 0 Å². The minimum Gasteiger partial charge on any atom is -0.325 e. The van der Waals surface area contributed by atoms with Crippen LogP contribution < -0.4 is 10.0 Å². The van der Waals surface area contributed by atoms with Crippen LogP contribution in [0.15, 0.2) is 83.8 Å². The van der Waals surface area contributed by atoms with Crippen molar-refractivity contribution < 1.29 is 16.1 Å². The number of carbonyl (C=O) groups excluding carboxylic acids is 1. The minimum absolute atomic E-state index is 0. The van der Waals surface area contributed by atoms with E-state index in [4.69, 9.17) is 0 Å². The first-order valence-corrected chi connectivity index (χ1v) is 12.4. The summed E-state index contributed by atoms with van der Waals surface area (Å²) in [6.07, 6.45) is 4.96. The zero-order chi connectivity index (χ0) is 22.6. The van der Waals surface area contributed by atoms with Gasteiger partial charge in [0.25, 0.3) is 0 Å². The number of carbonyl (C=O) groups is 1. The second kappa shape index (κ2) is 9.27. The number of amides is 1. The molecule has 1 aliphatic carbocycles. The lowest BCUT2D eigenvalue weighted by atomic mass is 9.68. The third-order valence-electron chi connectivity index (χ3n) is 6.36. The van der Waals surface area contributed by atoms with Crippen molar-refractivity contribution in [3.05, 3.63) is 84.4 Å². The molecule has 5 nitrogen and oxygen atoms in total. The third-order valence-corrected chi connectivity index (χ3v) is 7.79. The van der Waals surface area contributed by atoms with Gasteiger partial charge >= 0.3 is 0 Å². The van der Waals surface area contributed by atoms with Crippen molar-refractivity contribution in [1.29, 1.82) is 0 Å². The van der Waals surface area contributed by atoms with E-state index in [1.165, 1.54) is 7.05 Å². The topological polar surface area (TPSA) is 75.3 Å². The molecular formula is C26H32N2O3S. The third kappa shape index (κ3) is 4.47. The van der Waals surface area contributed by atoms with Crippen LogP contribution in [0.25, 0.3) is 11.1 Å². The van der Waals surface area contributed by atoms with E-state index in [2.05, 4.69) is 22.2 Å². The van der Waals surface area contributed by atoms with Crippen LogP contribution in [0.5, 0.6) is 0 Å².